The number of aromatic nitrogens is 1. The van der Waals surface area contributed by atoms with E-state index in [0.29, 0.717) is 16.4 Å². The minimum Gasteiger partial charge on any atom is -0.497 e. The molecule has 2 aromatic carbocycles. The van der Waals surface area contributed by atoms with Gasteiger partial charge in [0, 0.05) is 29.0 Å². The highest BCUT2D eigenvalue weighted by Gasteiger charge is 2.38. The molecule has 0 N–H and O–H groups in total. The van der Waals surface area contributed by atoms with Gasteiger partial charge in [-0.15, -0.1) is 11.3 Å². The highest BCUT2D eigenvalue weighted by Crippen LogP contribution is 2.35. The second-order valence-corrected chi connectivity index (χ2v) is 8.62. The maximum absolute atomic E-state index is 12.6. The van der Waals surface area contributed by atoms with Crippen LogP contribution in [0, 0.1) is 12.8 Å². The first-order valence-electron chi connectivity index (χ1n) is 10.1. The quantitative estimate of drug-likeness (QED) is 0.401. The molecule has 1 aromatic heterocycles. The molecule has 1 amide bonds. The molecule has 1 atom stereocenters. The topological polar surface area (TPSA) is 85.8 Å². The van der Waals surface area contributed by atoms with E-state index >= 15 is 0 Å². The van der Waals surface area contributed by atoms with Crippen LogP contribution in [0.15, 0.2) is 54.6 Å². The molecule has 2 heterocycles. The smallest absolute Gasteiger partial charge is 0.311 e. The summed E-state index contributed by atoms with van der Waals surface area (Å²) in [6.45, 7) is 1.76. The Balaban J connectivity index is 1.39. The molecule has 0 radical (unpaired) electrons. The standard InChI is InChI=1S/C24H22N2O5S/c1-15-22(16-7-4-3-5-8-16)25-24(32-15)26-13-18(12-21(26)28)23(29)31-14-20(27)17-9-6-10-19(11-17)30-2/h3-11,18H,12-14H2,1-2H3/t18-/m1/s1. The van der Waals surface area contributed by atoms with Crippen molar-refractivity contribution in [2.45, 2.75) is 13.3 Å². The molecule has 164 valence electrons. The Labute approximate surface area is 189 Å². The van der Waals surface area contributed by atoms with Gasteiger partial charge in [-0.05, 0) is 19.1 Å². The zero-order valence-electron chi connectivity index (χ0n) is 17.7. The number of methoxy groups -OCH3 is 1. The number of ketones is 1. The SMILES string of the molecule is COc1cccc(C(=O)COC(=O)[C@@H]2CC(=O)N(c3nc(-c4ccccc4)c(C)s3)C2)c1. The van der Waals surface area contributed by atoms with E-state index in [1.807, 2.05) is 37.3 Å². The maximum Gasteiger partial charge on any atom is 0.311 e. The largest absolute Gasteiger partial charge is 0.497 e. The van der Waals surface area contributed by atoms with E-state index in [2.05, 4.69) is 4.98 Å². The lowest BCUT2D eigenvalue weighted by atomic mass is 10.1. The van der Waals surface area contributed by atoms with Crippen LogP contribution < -0.4 is 9.64 Å². The molecule has 8 heteroatoms. The molecule has 1 fully saturated rings. The van der Waals surface area contributed by atoms with E-state index in [4.69, 9.17) is 9.47 Å². The van der Waals surface area contributed by atoms with E-state index in [0.717, 1.165) is 16.1 Å². The number of thiazole rings is 1. The van der Waals surface area contributed by atoms with Crippen LogP contribution in [0.4, 0.5) is 5.13 Å². The third kappa shape index (κ3) is 4.55. The number of carbonyl (C=O) groups is 3. The number of esters is 1. The van der Waals surface area contributed by atoms with Gasteiger partial charge in [-0.25, -0.2) is 4.98 Å². The lowest BCUT2D eigenvalue weighted by Gasteiger charge is -2.13. The van der Waals surface area contributed by atoms with Crippen LogP contribution in [0.1, 0.15) is 21.7 Å². The van der Waals surface area contributed by atoms with Crippen molar-refractivity contribution in [1.82, 2.24) is 4.98 Å². The van der Waals surface area contributed by atoms with Gasteiger partial charge in [0.1, 0.15) is 5.75 Å². The van der Waals surface area contributed by atoms with Crippen LogP contribution in [0.5, 0.6) is 5.75 Å². The Morgan fingerprint density at radius 1 is 1.16 bits per heavy atom. The van der Waals surface area contributed by atoms with Crippen LogP contribution in [-0.4, -0.2) is 42.9 Å². The van der Waals surface area contributed by atoms with Gasteiger partial charge in [-0.3, -0.25) is 19.3 Å². The van der Waals surface area contributed by atoms with Crippen molar-refractivity contribution in [3.63, 3.8) is 0 Å². The van der Waals surface area contributed by atoms with E-state index in [1.165, 1.54) is 23.3 Å². The molecule has 7 nitrogen and oxygen atoms in total. The fourth-order valence-electron chi connectivity index (χ4n) is 3.55. The summed E-state index contributed by atoms with van der Waals surface area (Å²) in [6.07, 6.45) is 0.0332. The van der Waals surface area contributed by atoms with Crippen molar-refractivity contribution in [3.8, 4) is 17.0 Å². The molecule has 3 aromatic rings. The molecular weight excluding hydrogens is 428 g/mol. The van der Waals surface area contributed by atoms with E-state index in [-0.39, 0.29) is 31.3 Å². The van der Waals surface area contributed by atoms with Crippen LogP contribution in [-0.2, 0) is 14.3 Å². The molecule has 1 saturated heterocycles. The van der Waals surface area contributed by atoms with Gasteiger partial charge in [0.2, 0.25) is 5.91 Å². The fourth-order valence-corrected chi connectivity index (χ4v) is 4.50. The van der Waals surface area contributed by atoms with E-state index in [9.17, 15) is 14.4 Å². The molecular formula is C24H22N2O5S. The summed E-state index contributed by atoms with van der Waals surface area (Å²) in [5.41, 5.74) is 2.20. The zero-order chi connectivity index (χ0) is 22.7. The van der Waals surface area contributed by atoms with Crippen molar-refractivity contribution < 1.29 is 23.9 Å². The summed E-state index contributed by atoms with van der Waals surface area (Å²) in [4.78, 5) is 44.6. The minimum atomic E-state index is -0.634. The molecule has 1 aliphatic heterocycles. The van der Waals surface area contributed by atoms with Gasteiger partial charge < -0.3 is 9.47 Å². The van der Waals surface area contributed by atoms with Crippen molar-refractivity contribution in [1.29, 1.82) is 0 Å². The molecule has 32 heavy (non-hydrogen) atoms. The first-order valence-corrected chi connectivity index (χ1v) is 10.9. The van der Waals surface area contributed by atoms with E-state index < -0.39 is 11.9 Å². The predicted molar refractivity (Wildman–Crippen MR) is 121 cm³/mol. The number of hydrogen-bond donors (Lipinski definition) is 0. The molecule has 1 aliphatic rings. The number of rotatable bonds is 7. The number of ether oxygens (including phenoxy) is 2. The number of aryl methyl sites for hydroxylation is 1. The van der Waals surface area contributed by atoms with Crippen LogP contribution in [0.2, 0.25) is 0 Å². The molecule has 0 aliphatic carbocycles. The number of carbonyl (C=O) groups excluding carboxylic acids is 3. The third-order valence-corrected chi connectivity index (χ3v) is 6.25. The minimum absolute atomic E-state index is 0.0332. The number of benzene rings is 2. The second kappa shape index (κ2) is 9.32. The first kappa shape index (κ1) is 21.7. The number of hydrogen-bond acceptors (Lipinski definition) is 7. The zero-order valence-corrected chi connectivity index (χ0v) is 18.6. The Kier molecular flexibility index (Phi) is 6.32. The van der Waals surface area contributed by atoms with Gasteiger partial charge >= 0.3 is 5.97 Å². The Bertz CT molecular complexity index is 1160. The molecule has 0 bridgehead atoms. The van der Waals surface area contributed by atoms with Gasteiger partial charge in [0.25, 0.3) is 0 Å². The summed E-state index contributed by atoms with van der Waals surface area (Å²) in [7, 11) is 1.51. The maximum atomic E-state index is 12.6. The fraction of sp³-hybridized carbons (Fsp3) is 0.250. The van der Waals surface area contributed by atoms with Crippen molar-refractivity contribution in [2.75, 3.05) is 25.2 Å². The number of nitrogens with zero attached hydrogens (tertiary/aromatic N) is 2. The average Bonchev–Trinajstić information content (AvgIpc) is 3.40. The monoisotopic (exact) mass is 450 g/mol. The van der Waals surface area contributed by atoms with Crippen molar-refractivity contribution >= 4 is 34.1 Å². The lowest BCUT2D eigenvalue weighted by molar-refractivity contribution is -0.147. The molecule has 0 saturated carbocycles. The van der Waals surface area contributed by atoms with E-state index in [1.54, 1.807) is 24.3 Å². The summed E-state index contributed by atoms with van der Waals surface area (Å²) < 4.78 is 10.3. The summed E-state index contributed by atoms with van der Waals surface area (Å²) >= 11 is 1.42. The second-order valence-electron chi connectivity index (χ2n) is 7.44. The normalized spacial score (nSPS) is 15.6. The molecule has 0 unspecified atom stereocenters. The Morgan fingerprint density at radius 2 is 1.94 bits per heavy atom. The predicted octanol–water partition coefficient (Wildman–Crippen LogP) is 3.91. The van der Waals surface area contributed by atoms with Crippen molar-refractivity contribution in [3.05, 3.63) is 65.0 Å². The van der Waals surface area contributed by atoms with Crippen molar-refractivity contribution in [2.24, 2.45) is 5.92 Å². The number of amides is 1. The average molecular weight is 451 g/mol. The van der Waals surface area contributed by atoms with Crippen LogP contribution in [0.3, 0.4) is 0 Å². The summed E-state index contributed by atoms with van der Waals surface area (Å²) in [6, 6.07) is 16.4. The number of anilines is 1. The summed E-state index contributed by atoms with van der Waals surface area (Å²) in [5.74, 6) is -1.16. The highest BCUT2D eigenvalue weighted by atomic mass is 32.1. The van der Waals surface area contributed by atoms with Crippen LogP contribution >= 0.6 is 11.3 Å². The van der Waals surface area contributed by atoms with Gasteiger partial charge in [-0.2, -0.15) is 0 Å². The summed E-state index contributed by atoms with van der Waals surface area (Å²) in [5, 5.41) is 0.564. The van der Waals surface area contributed by atoms with Crippen LogP contribution in [0.25, 0.3) is 11.3 Å². The number of Topliss-reactive ketones (excluding diaryl/α,β-unsaturated/α-hetero) is 1. The van der Waals surface area contributed by atoms with Gasteiger partial charge in [-0.1, -0.05) is 42.5 Å². The molecule has 0 spiro atoms. The first-order chi connectivity index (χ1) is 15.5. The van der Waals surface area contributed by atoms with Gasteiger partial charge in [0.05, 0.1) is 18.7 Å². The third-order valence-electron chi connectivity index (χ3n) is 5.26. The Hall–Kier alpha value is -3.52. The lowest BCUT2D eigenvalue weighted by Crippen LogP contribution is -2.27. The molecule has 4 rings (SSSR count). The Morgan fingerprint density at radius 3 is 2.69 bits per heavy atom. The highest BCUT2D eigenvalue weighted by molar-refractivity contribution is 7.16. The van der Waals surface area contributed by atoms with Gasteiger partial charge in [0.15, 0.2) is 17.5 Å².